The summed E-state index contributed by atoms with van der Waals surface area (Å²) in [6.45, 7) is 6.62. The van der Waals surface area contributed by atoms with Crippen molar-refractivity contribution in [1.82, 2.24) is 14.3 Å². The van der Waals surface area contributed by atoms with E-state index in [0.717, 1.165) is 42.4 Å². The number of rotatable bonds is 3. The molecule has 0 bridgehead atoms. The van der Waals surface area contributed by atoms with Crippen molar-refractivity contribution in [3.63, 3.8) is 0 Å². The van der Waals surface area contributed by atoms with Gasteiger partial charge in [-0.05, 0) is 32.7 Å². The molecule has 0 radical (unpaired) electrons. The number of hydrogen-bond acceptors (Lipinski definition) is 5. The predicted octanol–water partition coefficient (Wildman–Crippen LogP) is 1.66. The van der Waals surface area contributed by atoms with E-state index in [4.69, 9.17) is 5.73 Å². The summed E-state index contributed by atoms with van der Waals surface area (Å²) in [5, 5.41) is 1.97. The molecule has 2 N–H and O–H groups in total. The van der Waals surface area contributed by atoms with Gasteiger partial charge in [-0.15, -0.1) is 23.7 Å². The zero-order valence-corrected chi connectivity index (χ0v) is 13.9. The summed E-state index contributed by atoms with van der Waals surface area (Å²) >= 11 is 1.52. The molecule has 0 aromatic carbocycles. The van der Waals surface area contributed by atoms with E-state index in [2.05, 4.69) is 16.8 Å². The van der Waals surface area contributed by atoms with Gasteiger partial charge in [-0.25, -0.2) is 4.98 Å². The minimum atomic E-state index is 0. The fourth-order valence-corrected chi connectivity index (χ4v) is 3.89. The second-order valence-electron chi connectivity index (χ2n) is 5.70. The molecule has 7 heteroatoms. The molecule has 0 amide bonds. The molecule has 3 rings (SSSR count). The molecule has 2 aromatic heterocycles. The van der Waals surface area contributed by atoms with Crippen LogP contribution in [0.4, 0.5) is 0 Å². The van der Waals surface area contributed by atoms with Crippen LogP contribution in [0.1, 0.15) is 24.7 Å². The van der Waals surface area contributed by atoms with Crippen molar-refractivity contribution in [1.29, 1.82) is 0 Å². The second-order valence-corrected chi connectivity index (χ2v) is 6.53. The Labute approximate surface area is 134 Å². The lowest BCUT2D eigenvalue weighted by Crippen LogP contribution is -2.29. The van der Waals surface area contributed by atoms with Crippen LogP contribution in [0.25, 0.3) is 4.96 Å². The van der Waals surface area contributed by atoms with Gasteiger partial charge in [0.1, 0.15) is 0 Å². The van der Waals surface area contributed by atoms with Gasteiger partial charge in [0.15, 0.2) is 4.96 Å². The maximum absolute atomic E-state index is 12.1. The first-order valence-electron chi connectivity index (χ1n) is 6.99. The van der Waals surface area contributed by atoms with Crippen molar-refractivity contribution in [2.75, 3.05) is 13.1 Å². The second kappa shape index (κ2) is 6.44. The molecule has 2 unspecified atom stereocenters. The average Bonchev–Trinajstić information content (AvgIpc) is 2.94. The predicted molar refractivity (Wildman–Crippen MR) is 88.4 cm³/mol. The summed E-state index contributed by atoms with van der Waals surface area (Å²) in [6, 6.07) is 2.17. The van der Waals surface area contributed by atoms with Gasteiger partial charge in [-0.1, -0.05) is 0 Å². The van der Waals surface area contributed by atoms with Crippen LogP contribution in [-0.2, 0) is 6.54 Å². The molecule has 0 aliphatic carbocycles. The summed E-state index contributed by atoms with van der Waals surface area (Å²) in [4.78, 5) is 19.9. The van der Waals surface area contributed by atoms with Crippen molar-refractivity contribution in [2.24, 2.45) is 11.7 Å². The lowest BCUT2D eigenvalue weighted by molar-refractivity contribution is 0.253. The van der Waals surface area contributed by atoms with Crippen molar-refractivity contribution < 1.29 is 0 Å². The molecule has 1 fully saturated rings. The van der Waals surface area contributed by atoms with E-state index in [1.807, 2.05) is 12.3 Å². The molecule has 1 aliphatic rings. The third kappa shape index (κ3) is 3.13. The number of thiazole rings is 1. The molecule has 2 aromatic rings. The van der Waals surface area contributed by atoms with Crippen LogP contribution in [-0.4, -0.2) is 33.4 Å². The molecule has 5 nitrogen and oxygen atoms in total. The first kappa shape index (κ1) is 16.4. The Kier molecular flexibility index (Phi) is 5.03. The summed E-state index contributed by atoms with van der Waals surface area (Å²) in [7, 11) is 0. The third-order valence-corrected chi connectivity index (χ3v) is 5.06. The molecule has 3 heterocycles. The SMILES string of the molecule is Cc1csc2nc(CN3CC(CN)CC3C)cc(=O)n12.Cl. The highest BCUT2D eigenvalue weighted by Crippen LogP contribution is 2.23. The van der Waals surface area contributed by atoms with Gasteiger partial charge in [-0.3, -0.25) is 14.1 Å². The molecule has 2 atom stereocenters. The molecule has 116 valence electrons. The molecular weight excluding hydrogens is 308 g/mol. The summed E-state index contributed by atoms with van der Waals surface area (Å²) in [5.41, 5.74) is 7.59. The maximum atomic E-state index is 12.1. The smallest absolute Gasteiger partial charge is 0.259 e. The van der Waals surface area contributed by atoms with Gasteiger partial charge in [-0.2, -0.15) is 0 Å². The van der Waals surface area contributed by atoms with Crippen LogP contribution in [0.15, 0.2) is 16.2 Å². The Bertz CT molecular complexity index is 683. The number of halogens is 1. The number of nitrogens with two attached hydrogens (primary N) is 1. The Morgan fingerprint density at radius 1 is 1.52 bits per heavy atom. The van der Waals surface area contributed by atoms with E-state index in [1.165, 1.54) is 11.3 Å². The van der Waals surface area contributed by atoms with E-state index in [-0.39, 0.29) is 18.0 Å². The van der Waals surface area contributed by atoms with E-state index in [9.17, 15) is 4.79 Å². The molecule has 1 aliphatic heterocycles. The fourth-order valence-electron chi connectivity index (χ4n) is 3.00. The van der Waals surface area contributed by atoms with Gasteiger partial charge in [0, 0.05) is 36.3 Å². The summed E-state index contributed by atoms with van der Waals surface area (Å²) in [6.07, 6.45) is 1.13. The standard InChI is InChI=1S/C14H20N4OS.ClH/c1-9-3-11(5-15)6-17(9)7-12-4-13(19)18-10(2)8-20-14(18)16-12;/h4,8-9,11H,3,5-7,15H2,1-2H3;1H. The molecular formula is C14H21ClN4OS. The number of aromatic nitrogens is 2. The van der Waals surface area contributed by atoms with Gasteiger partial charge in [0.25, 0.3) is 5.56 Å². The zero-order chi connectivity index (χ0) is 14.3. The zero-order valence-electron chi connectivity index (χ0n) is 12.3. The normalized spacial score (nSPS) is 22.6. The van der Waals surface area contributed by atoms with Gasteiger partial charge in [0.2, 0.25) is 0 Å². The van der Waals surface area contributed by atoms with E-state index < -0.39 is 0 Å². The average molecular weight is 329 g/mol. The number of nitrogens with zero attached hydrogens (tertiary/aromatic N) is 3. The van der Waals surface area contributed by atoms with Crippen LogP contribution >= 0.6 is 23.7 Å². The number of aryl methyl sites for hydroxylation is 1. The monoisotopic (exact) mass is 328 g/mol. The lowest BCUT2D eigenvalue weighted by atomic mass is 10.1. The molecule has 0 spiro atoms. The highest BCUT2D eigenvalue weighted by molar-refractivity contribution is 7.15. The quantitative estimate of drug-likeness (QED) is 0.930. The maximum Gasteiger partial charge on any atom is 0.259 e. The Balaban J connectivity index is 0.00000161. The van der Waals surface area contributed by atoms with Gasteiger partial charge >= 0.3 is 0 Å². The van der Waals surface area contributed by atoms with E-state index in [0.29, 0.717) is 12.0 Å². The van der Waals surface area contributed by atoms with Crippen molar-refractivity contribution >= 4 is 28.7 Å². The van der Waals surface area contributed by atoms with Crippen LogP contribution < -0.4 is 11.3 Å². The van der Waals surface area contributed by atoms with Crippen molar-refractivity contribution in [2.45, 2.75) is 32.9 Å². The molecule has 0 saturated carbocycles. The van der Waals surface area contributed by atoms with Gasteiger partial charge < -0.3 is 5.73 Å². The van der Waals surface area contributed by atoms with E-state index in [1.54, 1.807) is 10.5 Å². The Morgan fingerprint density at radius 2 is 2.29 bits per heavy atom. The van der Waals surface area contributed by atoms with Crippen LogP contribution in [0.5, 0.6) is 0 Å². The number of fused-ring (bicyclic) bond motifs is 1. The van der Waals surface area contributed by atoms with Gasteiger partial charge in [0.05, 0.1) is 5.69 Å². The molecule has 1 saturated heterocycles. The van der Waals surface area contributed by atoms with Crippen LogP contribution in [0.3, 0.4) is 0 Å². The van der Waals surface area contributed by atoms with Crippen LogP contribution in [0, 0.1) is 12.8 Å². The summed E-state index contributed by atoms with van der Waals surface area (Å²) < 4.78 is 1.67. The van der Waals surface area contributed by atoms with Crippen molar-refractivity contribution in [3.8, 4) is 0 Å². The minimum absolute atomic E-state index is 0. The molecule has 21 heavy (non-hydrogen) atoms. The largest absolute Gasteiger partial charge is 0.330 e. The number of hydrogen-bond donors (Lipinski definition) is 1. The van der Waals surface area contributed by atoms with E-state index >= 15 is 0 Å². The fraction of sp³-hybridized carbons (Fsp3) is 0.571. The summed E-state index contributed by atoms with van der Waals surface area (Å²) in [5.74, 6) is 0.568. The first-order valence-corrected chi connectivity index (χ1v) is 7.87. The lowest BCUT2D eigenvalue weighted by Gasteiger charge is -2.20. The van der Waals surface area contributed by atoms with Crippen molar-refractivity contribution in [3.05, 3.63) is 33.2 Å². The topological polar surface area (TPSA) is 63.6 Å². The third-order valence-electron chi connectivity index (χ3n) is 4.12. The number of likely N-dealkylation sites (tertiary alicyclic amines) is 1. The first-order chi connectivity index (χ1) is 9.58. The Morgan fingerprint density at radius 3 is 2.95 bits per heavy atom. The highest BCUT2D eigenvalue weighted by atomic mass is 35.5. The minimum Gasteiger partial charge on any atom is -0.330 e. The van der Waals surface area contributed by atoms with Crippen LogP contribution in [0.2, 0.25) is 0 Å². The Hall–Kier alpha value is -0.950. The highest BCUT2D eigenvalue weighted by Gasteiger charge is 2.28.